The van der Waals surface area contributed by atoms with Crippen molar-refractivity contribution in [3.63, 3.8) is 0 Å². The third-order valence-corrected chi connectivity index (χ3v) is 9.47. The number of benzene rings is 2. The summed E-state index contributed by atoms with van der Waals surface area (Å²) >= 11 is 1.43. The molecule has 0 saturated heterocycles. The fraction of sp³-hybridized carbons (Fsp3) is 0.500. The highest BCUT2D eigenvalue weighted by atomic mass is 32.2. The Kier molecular flexibility index (Phi) is 12.3. The molecule has 0 fully saturated rings. The van der Waals surface area contributed by atoms with E-state index in [0.29, 0.717) is 36.1 Å². The minimum atomic E-state index is -3.80. The first-order chi connectivity index (χ1) is 19.3. The summed E-state index contributed by atoms with van der Waals surface area (Å²) in [6, 6.07) is 11.8. The summed E-state index contributed by atoms with van der Waals surface area (Å²) < 4.78 is 44.8. The lowest BCUT2D eigenvalue weighted by atomic mass is 10.2. The Morgan fingerprint density at radius 2 is 1.55 bits per heavy atom. The van der Waals surface area contributed by atoms with Crippen molar-refractivity contribution >= 4 is 42.6 Å². The van der Waals surface area contributed by atoms with Crippen molar-refractivity contribution in [3.8, 4) is 5.75 Å². The van der Waals surface area contributed by atoms with Crippen LogP contribution in [0.15, 0.2) is 47.4 Å². The van der Waals surface area contributed by atoms with Crippen LogP contribution in [-0.4, -0.2) is 102 Å². The minimum Gasteiger partial charge on any atom is -0.492 e. The van der Waals surface area contributed by atoms with E-state index in [1.165, 1.54) is 42.0 Å². The molecule has 40 heavy (non-hydrogen) atoms. The number of hydrogen-bond donors (Lipinski definition) is 0. The van der Waals surface area contributed by atoms with Crippen LogP contribution in [0.25, 0.3) is 10.2 Å². The van der Waals surface area contributed by atoms with E-state index in [0.717, 1.165) is 23.3 Å². The third-order valence-electron chi connectivity index (χ3n) is 6.51. The maximum Gasteiger partial charge on any atom is 0.260 e. The Hall–Kier alpha value is -2.61. The van der Waals surface area contributed by atoms with E-state index in [2.05, 4.69) is 18.7 Å². The zero-order valence-corrected chi connectivity index (χ0v) is 25.6. The van der Waals surface area contributed by atoms with Gasteiger partial charge in [0.15, 0.2) is 5.13 Å². The van der Waals surface area contributed by atoms with Crippen LogP contribution in [0.2, 0.25) is 0 Å². The van der Waals surface area contributed by atoms with E-state index in [1.807, 2.05) is 25.1 Å². The first-order valence-electron chi connectivity index (χ1n) is 13.4. The molecule has 0 unspecified atom stereocenters. The average Bonchev–Trinajstić information content (AvgIpc) is 3.40. The molecule has 1 aromatic heterocycles. The highest BCUT2D eigenvalue weighted by Gasteiger charge is 2.26. The van der Waals surface area contributed by atoms with Gasteiger partial charge in [-0.15, -0.1) is 0 Å². The molecule has 0 spiro atoms. The van der Waals surface area contributed by atoms with Gasteiger partial charge >= 0.3 is 0 Å². The number of ether oxygens (including phenoxy) is 3. The Morgan fingerprint density at radius 3 is 2.12 bits per heavy atom. The number of amides is 1. The lowest BCUT2D eigenvalue weighted by Gasteiger charge is -2.25. The Bertz CT molecular complexity index is 1320. The molecular formula is C28H40N4O6S2. The van der Waals surface area contributed by atoms with Gasteiger partial charge in [-0.2, -0.15) is 4.31 Å². The lowest BCUT2D eigenvalue weighted by molar-refractivity contribution is 0.0983. The van der Waals surface area contributed by atoms with Crippen LogP contribution in [0.4, 0.5) is 5.13 Å². The second kappa shape index (κ2) is 15.4. The van der Waals surface area contributed by atoms with Crippen molar-refractivity contribution in [2.24, 2.45) is 0 Å². The van der Waals surface area contributed by atoms with Crippen LogP contribution in [0.1, 0.15) is 31.1 Å². The van der Waals surface area contributed by atoms with Gasteiger partial charge in [-0.25, -0.2) is 13.4 Å². The number of hydrogen-bond acceptors (Lipinski definition) is 9. The van der Waals surface area contributed by atoms with Gasteiger partial charge in [0.1, 0.15) is 11.3 Å². The standard InChI is InChI=1S/C28H40N4O6S2/c1-6-30(7-2)16-17-32(28-29-26-24(38-8-3)10-9-11-25(26)39-28)27(33)22-12-14-23(15-13-22)40(34,35)31(18-20-36-4)19-21-37-5/h9-15H,6-8,16-21H2,1-5H3. The summed E-state index contributed by atoms with van der Waals surface area (Å²) in [4.78, 5) is 22.7. The van der Waals surface area contributed by atoms with Crippen molar-refractivity contribution in [2.75, 3.05) is 78.2 Å². The molecule has 3 rings (SSSR count). The summed E-state index contributed by atoms with van der Waals surface area (Å²) in [7, 11) is -0.750. The molecule has 0 radical (unpaired) electrons. The van der Waals surface area contributed by atoms with Crippen molar-refractivity contribution in [1.82, 2.24) is 14.2 Å². The molecule has 0 saturated carbocycles. The molecule has 220 valence electrons. The van der Waals surface area contributed by atoms with Gasteiger partial charge in [0.05, 0.1) is 29.4 Å². The van der Waals surface area contributed by atoms with E-state index < -0.39 is 10.0 Å². The Labute approximate surface area is 241 Å². The van der Waals surface area contributed by atoms with Crippen LogP contribution in [0.3, 0.4) is 0 Å². The fourth-order valence-corrected chi connectivity index (χ4v) is 6.59. The smallest absolute Gasteiger partial charge is 0.260 e. The van der Waals surface area contributed by atoms with Crippen LogP contribution in [0.5, 0.6) is 5.75 Å². The fourth-order valence-electron chi connectivity index (χ4n) is 4.18. The topological polar surface area (TPSA) is 102 Å². The molecule has 3 aromatic rings. The highest BCUT2D eigenvalue weighted by molar-refractivity contribution is 7.89. The van der Waals surface area contributed by atoms with Gasteiger partial charge in [0.25, 0.3) is 5.91 Å². The number of nitrogens with zero attached hydrogens (tertiary/aromatic N) is 4. The number of rotatable bonds is 17. The minimum absolute atomic E-state index is 0.104. The van der Waals surface area contributed by atoms with Gasteiger partial charge in [-0.3, -0.25) is 9.69 Å². The lowest BCUT2D eigenvalue weighted by Crippen LogP contribution is -2.39. The van der Waals surface area contributed by atoms with Crippen LogP contribution < -0.4 is 9.64 Å². The molecule has 0 atom stereocenters. The molecule has 0 N–H and O–H groups in total. The van der Waals surface area contributed by atoms with Crippen molar-refractivity contribution < 1.29 is 27.4 Å². The first kappa shape index (κ1) is 31.9. The largest absolute Gasteiger partial charge is 0.492 e. The number of methoxy groups -OCH3 is 2. The molecular weight excluding hydrogens is 552 g/mol. The van der Waals surface area contributed by atoms with E-state index in [-0.39, 0.29) is 37.1 Å². The normalized spacial score (nSPS) is 12.0. The number of likely N-dealkylation sites (N-methyl/N-ethyl adjacent to an activating group) is 1. The van der Waals surface area contributed by atoms with Crippen molar-refractivity contribution in [3.05, 3.63) is 48.0 Å². The maximum absolute atomic E-state index is 13.8. The SMILES string of the molecule is CCOc1cccc2sc(N(CCN(CC)CC)C(=O)c3ccc(S(=O)(=O)N(CCOC)CCOC)cc3)nc12. The van der Waals surface area contributed by atoms with Gasteiger partial charge < -0.3 is 19.1 Å². The second-order valence-corrected chi connectivity index (χ2v) is 11.9. The number of thiazole rings is 1. The number of para-hydroxylation sites is 1. The van der Waals surface area contributed by atoms with Crippen LogP contribution in [0, 0.1) is 0 Å². The molecule has 1 amide bonds. The predicted molar refractivity (Wildman–Crippen MR) is 159 cm³/mol. The summed E-state index contributed by atoms with van der Waals surface area (Å²) in [5.74, 6) is 0.434. The zero-order chi connectivity index (χ0) is 29.1. The number of fused-ring (bicyclic) bond motifs is 1. The molecule has 12 heteroatoms. The predicted octanol–water partition coefficient (Wildman–Crippen LogP) is 3.97. The average molecular weight is 593 g/mol. The molecule has 0 aliphatic heterocycles. The molecule has 1 heterocycles. The van der Waals surface area contributed by atoms with Gasteiger partial charge in [-0.1, -0.05) is 31.3 Å². The first-order valence-corrected chi connectivity index (χ1v) is 15.7. The molecule has 2 aromatic carbocycles. The monoisotopic (exact) mass is 592 g/mol. The summed E-state index contributed by atoms with van der Waals surface area (Å²) in [5, 5.41) is 0.571. The zero-order valence-electron chi connectivity index (χ0n) is 24.0. The molecule has 0 aliphatic rings. The number of aromatic nitrogens is 1. The summed E-state index contributed by atoms with van der Waals surface area (Å²) in [6.45, 7) is 10.4. The Balaban J connectivity index is 1.93. The quantitative estimate of drug-likeness (QED) is 0.232. The third kappa shape index (κ3) is 7.77. The van der Waals surface area contributed by atoms with Gasteiger partial charge in [0.2, 0.25) is 10.0 Å². The number of carbonyl (C=O) groups excluding carboxylic acids is 1. The molecule has 0 bridgehead atoms. The summed E-state index contributed by atoms with van der Waals surface area (Å²) in [6.07, 6.45) is 0. The van der Waals surface area contributed by atoms with E-state index >= 15 is 0 Å². The number of sulfonamides is 1. The molecule has 0 aliphatic carbocycles. The maximum atomic E-state index is 13.8. The van der Waals surface area contributed by atoms with Crippen molar-refractivity contribution in [1.29, 1.82) is 0 Å². The summed E-state index contributed by atoms with van der Waals surface area (Å²) in [5.41, 5.74) is 1.10. The number of carbonyl (C=O) groups is 1. The van der Waals surface area contributed by atoms with E-state index in [1.54, 1.807) is 17.0 Å². The van der Waals surface area contributed by atoms with E-state index in [4.69, 9.17) is 19.2 Å². The second-order valence-electron chi connectivity index (χ2n) is 8.93. The number of anilines is 1. The van der Waals surface area contributed by atoms with Crippen molar-refractivity contribution in [2.45, 2.75) is 25.7 Å². The Morgan fingerprint density at radius 1 is 0.900 bits per heavy atom. The van der Waals surface area contributed by atoms with Crippen LogP contribution >= 0.6 is 11.3 Å². The van der Waals surface area contributed by atoms with Gasteiger partial charge in [-0.05, 0) is 56.4 Å². The highest BCUT2D eigenvalue weighted by Crippen LogP contribution is 2.35. The van der Waals surface area contributed by atoms with Gasteiger partial charge in [0, 0.05) is 46.0 Å². The van der Waals surface area contributed by atoms with Crippen LogP contribution in [-0.2, 0) is 19.5 Å². The van der Waals surface area contributed by atoms with E-state index in [9.17, 15) is 13.2 Å². The molecule has 10 nitrogen and oxygen atoms in total.